The van der Waals surface area contributed by atoms with Crippen LogP contribution in [0.15, 0.2) is 54.6 Å². The molecule has 1 saturated carbocycles. The van der Waals surface area contributed by atoms with Crippen molar-refractivity contribution >= 4 is 11.5 Å². The fourth-order valence-electron chi connectivity index (χ4n) is 6.13. The highest BCUT2D eigenvalue weighted by atomic mass is 19.2. The highest BCUT2D eigenvalue weighted by Gasteiger charge is 2.31. The zero-order valence-corrected chi connectivity index (χ0v) is 23.3. The van der Waals surface area contributed by atoms with Crippen molar-refractivity contribution in [1.82, 2.24) is 0 Å². The first-order chi connectivity index (χ1) is 19.8. The van der Waals surface area contributed by atoms with Crippen LogP contribution in [0.1, 0.15) is 73.4 Å². The molecule has 0 aliphatic heterocycles. The van der Waals surface area contributed by atoms with Gasteiger partial charge in [-0.2, -0.15) is 4.39 Å². The zero-order chi connectivity index (χ0) is 29.1. The van der Waals surface area contributed by atoms with Crippen LogP contribution in [0, 0.1) is 42.0 Å². The Hall–Kier alpha value is -3.61. The van der Waals surface area contributed by atoms with Gasteiger partial charge in [0.2, 0.25) is 5.82 Å². The number of carbonyl (C=O) groups is 1. The third-order valence-electron chi connectivity index (χ3n) is 8.51. The van der Waals surface area contributed by atoms with E-state index in [2.05, 4.69) is 0 Å². The lowest BCUT2D eigenvalue weighted by atomic mass is 9.72. The maximum absolute atomic E-state index is 14.7. The Morgan fingerprint density at radius 3 is 2.12 bits per heavy atom. The average Bonchev–Trinajstić information content (AvgIpc) is 2.99. The number of halogens is 4. The van der Waals surface area contributed by atoms with Gasteiger partial charge in [0.05, 0.1) is 12.2 Å². The molecular formula is C34H34F4O3. The largest absolute Gasteiger partial charge is 0.491 e. The summed E-state index contributed by atoms with van der Waals surface area (Å²) in [5.74, 6) is -3.10. The summed E-state index contributed by atoms with van der Waals surface area (Å²) in [4.78, 5) is 12.8. The van der Waals surface area contributed by atoms with Crippen molar-refractivity contribution < 1.29 is 31.8 Å². The summed E-state index contributed by atoms with van der Waals surface area (Å²) in [6.07, 6.45) is 7.71. The molecule has 0 aromatic heterocycles. The molecule has 7 heteroatoms. The Labute approximate surface area is 238 Å². The molecule has 0 N–H and O–H groups in total. The summed E-state index contributed by atoms with van der Waals surface area (Å²) in [5, 5.41) is 0. The summed E-state index contributed by atoms with van der Waals surface area (Å²) >= 11 is 0. The second-order valence-electron chi connectivity index (χ2n) is 11.0. The van der Waals surface area contributed by atoms with Crippen LogP contribution >= 0.6 is 0 Å². The molecule has 0 radical (unpaired) electrons. The van der Waals surface area contributed by atoms with Crippen LogP contribution in [-0.2, 0) is 4.74 Å². The summed E-state index contributed by atoms with van der Waals surface area (Å²) < 4.78 is 68.2. The lowest BCUT2D eigenvalue weighted by Gasteiger charge is -2.35. The third kappa shape index (κ3) is 6.19. The molecule has 216 valence electrons. The molecule has 0 spiro atoms. The molecule has 0 heterocycles. The highest BCUT2D eigenvalue weighted by molar-refractivity contribution is 5.90. The number of hydrogen-bond donors (Lipinski definition) is 0. The molecule has 0 saturated heterocycles. The Morgan fingerprint density at radius 2 is 1.46 bits per heavy atom. The van der Waals surface area contributed by atoms with Crippen molar-refractivity contribution in [2.24, 2.45) is 11.8 Å². The van der Waals surface area contributed by atoms with E-state index in [9.17, 15) is 22.4 Å². The standard InChI is InChI=1S/C34H34F4O3/c1-3-40-29-19-18-28(32(37)33(29)38)23-7-5-21(6-8-23)22-13-15-26(16-14-22)41-34(39)25-11-9-24(10-12-25)27-17-4-20(2)30(35)31(27)36/h4,7,9-12,17-19,21-22,26H,3,5-6,8,13-16H2,1-2H3. The van der Waals surface area contributed by atoms with Gasteiger partial charge in [0, 0.05) is 11.1 Å². The number of carbonyl (C=O) groups excluding carboxylic acids is 1. The Balaban J connectivity index is 1.13. The van der Waals surface area contributed by atoms with Gasteiger partial charge >= 0.3 is 5.97 Å². The number of hydrogen-bond acceptors (Lipinski definition) is 3. The number of esters is 1. The fraction of sp³-hybridized carbons (Fsp3) is 0.382. The van der Waals surface area contributed by atoms with Crippen LogP contribution in [0.25, 0.3) is 16.7 Å². The minimum Gasteiger partial charge on any atom is -0.491 e. The summed E-state index contributed by atoms with van der Waals surface area (Å²) in [7, 11) is 0. The molecule has 5 rings (SSSR count). The van der Waals surface area contributed by atoms with Gasteiger partial charge in [-0.15, -0.1) is 0 Å². The van der Waals surface area contributed by atoms with E-state index in [0.717, 1.165) is 44.1 Å². The van der Waals surface area contributed by atoms with Gasteiger partial charge in [-0.25, -0.2) is 18.0 Å². The first kappa shape index (κ1) is 28.9. The van der Waals surface area contributed by atoms with Crippen LogP contribution < -0.4 is 4.74 Å². The second kappa shape index (κ2) is 12.5. The lowest BCUT2D eigenvalue weighted by Crippen LogP contribution is -2.28. The Kier molecular flexibility index (Phi) is 8.81. The van der Waals surface area contributed by atoms with Crippen molar-refractivity contribution in [3.63, 3.8) is 0 Å². The topological polar surface area (TPSA) is 35.5 Å². The predicted molar refractivity (Wildman–Crippen MR) is 151 cm³/mol. The van der Waals surface area contributed by atoms with Gasteiger partial charge in [0.25, 0.3) is 0 Å². The summed E-state index contributed by atoms with van der Waals surface area (Å²) in [5.41, 5.74) is 2.38. The zero-order valence-electron chi connectivity index (χ0n) is 23.3. The van der Waals surface area contributed by atoms with Crippen molar-refractivity contribution in [3.8, 4) is 16.9 Å². The lowest BCUT2D eigenvalue weighted by molar-refractivity contribution is 0.0129. The maximum Gasteiger partial charge on any atom is 0.338 e. The molecule has 0 amide bonds. The number of allylic oxidation sites excluding steroid dienone is 2. The van der Waals surface area contributed by atoms with Crippen LogP contribution in [0.5, 0.6) is 5.75 Å². The molecule has 41 heavy (non-hydrogen) atoms. The Bertz CT molecular complexity index is 1440. The van der Waals surface area contributed by atoms with Gasteiger partial charge in [0.1, 0.15) is 6.10 Å². The smallest absolute Gasteiger partial charge is 0.338 e. The van der Waals surface area contributed by atoms with Gasteiger partial charge in [0.15, 0.2) is 23.2 Å². The maximum atomic E-state index is 14.7. The van der Waals surface area contributed by atoms with Crippen molar-refractivity contribution in [3.05, 3.63) is 94.6 Å². The van der Waals surface area contributed by atoms with Crippen molar-refractivity contribution in [2.75, 3.05) is 6.61 Å². The van der Waals surface area contributed by atoms with Crippen LogP contribution in [-0.4, -0.2) is 18.7 Å². The third-order valence-corrected chi connectivity index (χ3v) is 8.51. The summed E-state index contributed by atoms with van der Waals surface area (Å²) in [6.45, 7) is 3.51. The monoisotopic (exact) mass is 566 g/mol. The molecule has 2 aliphatic rings. The predicted octanol–water partition coefficient (Wildman–Crippen LogP) is 9.22. The molecule has 3 nitrogen and oxygen atoms in total. The first-order valence-corrected chi connectivity index (χ1v) is 14.3. The van der Waals surface area contributed by atoms with E-state index in [1.165, 1.54) is 25.1 Å². The molecule has 0 bridgehead atoms. The molecular weight excluding hydrogens is 532 g/mol. The van der Waals surface area contributed by atoms with Gasteiger partial charge < -0.3 is 9.47 Å². The van der Waals surface area contributed by atoms with Crippen molar-refractivity contribution in [1.29, 1.82) is 0 Å². The van der Waals surface area contributed by atoms with Crippen LogP contribution in [0.3, 0.4) is 0 Å². The van der Waals surface area contributed by atoms with Gasteiger partial charge in [-0.05, 0) is 112 Å². The average molecular weight is 567 g/mol. The van der Waals surface area contributed by atoms with E-state index in [-0.39, 0.29) is 29.6 Å². The van der Waals surface area contributed by atoms with E-state index in [1.807, 2.05) is 6.08 Å². The first-order valence-electron chi connectivity index (χ1n) is 14.3. The van der Waals surface area contributed by atoms with Crippen molar-refractivity contribution in [2.45, 2.75) is 64.9 Å². The van der Waals surface area contributed by atoms with E-state index < -0.39 is 29.2 Å². The molecule has 3 aromatic rings. The number of aryl methyl sites for hydroxylation is 1. The van der Waals surface area contributed by atoms with Crippen LogP contribution in [0.4, 0.5) is 17.6 Å². The second-order valence-corrected chi connectivity index (χ2v) is 11.0. The quantitative estimate of drug-likeness (QED) is 0.211. The molecule has 2 aliphatic carbocycles. The summed E-state index contributed by atoms with van der Waals surface area (Å²) in [6, 6.07) is 12.5. The molecule has 1 fully saturated rings. The van der Waals surface area contributed by atoms with E-state index in [0.29, 0.717) is 34.9 Å². The molecule has 1 unspecified atom stereocenters. The number of rotatable bonds is 7. The fourth-order valence-corrected chi connectivity index (χ4v) is 6.13. The van der Waals surface area contributed by atoms with Crippen LogP contribution in [0.2, 0.25) is 0 Å². The SMILES string of the molecule is CCOc1ccc(C2=CCC(C3CCC(OC(=O)c4ccc(-c5ccc(C)c(F)c5F)cc4)CC3)CC2)c(F)c1F. The van der Waals surface area contributed by atoms with Gasteiger partial charge in [-0.1, -0.05) is 30.3 Å². The highest BCUT2D eigenvalue weighted by Crippen LogP contribution is 2.41. The molecule has 1 atom stereocenters. The van der Waals surface area contributed by atoms with E-state index >= 15 is 0 Å². The normalized spacial score (nSPS) is 20.8. The van der Waals surface area contributed by atoms with E-state index in [1.54, 1.807) is 37.3 Å². The minimum absolute atomic E-state index is 0.0631. The Morgan fingerprint density at radius 1 is 0.780 bits per heavy atom. The van der Waals surface area contributed by atoms with E-state index in [4.69, 9.17) is 9.47 Å². The number of benzene rings is 3. The van der Waals surface area contributed by atoms with Gasteiger partial charge in [-0.3, -0.25) is 0 Å². The minimum atomic E-state index is -0.938. The number of ether oxygens (including phenoxy) is 2. The molecule has 3 aromatic carbocycles.